The lowest BCUT2D eigenvalue weighted by Crippen LogP contribution is -2.36. The van der Waals surface area contributed by atoms with Crippen molar-refractivity contribution in [3.8, 4) is 0 Å². The number of halogens is 2. The predicted molar refractivity (Wildman–Crippen MR) is 97.1 cm³/mol. The van der Waals surface area contributed by atoms with E-state index in [4.69, 9.17) is 18.9 Å². The molecule has 0 aromatic rings. The lowest BCUT2D eigenvalue weighted by Gasteiger charge is -2.35. The van der Waals surface area contributed by atoms with Crippen molar-refractivity contribution in [2.75, 3.05) is 53.0 Å². The summed E-state index contributed by atoms with van der Waals surface area (Å²) in [5.74, 6) is 1.11. The molecule has 158 valence electrons. The molecular formula is C20H34F2O5. The van der Waals surface area contributed by atoms with Crippen molar-refractivity contribution in [1.29, 1.82) is 0 Å². The van der Waals surface area contributed by atoms with E-state index >= 15 is 0 Å². The zero-order chi connectivity index (χ0) is 19.4. The minimum Gasteiger partial charge on any atom is -0.378 e. The van der Waals surface area contributed by atoms with Crippen molar-refractivity contribution in [3.63, 3.8) is 0 Å². The van der Waals surface area contributed by atoms with Crippen molar-refractivity contribution in [2.45, 2.75) is 57.2 Å². The Labute approximate surface area is 161 Å². The van der Waals surface area contributed by atoms with Gasteiger partial charge in [0.05, 0.1) is 26.4 Å². The third-order valence-corrected chi connectivity index (χ3v) is 5.49. The Kier molecular flexibility index (Phi) is 10.7. The zero-order valence-corrected chi connectivity index (χ0v) is 16.3. The van der Waals surface area contributed by atoms with Crippen molar-refractivity contribution in [1.82, 2.24) is 0 Å². The number of ether oxygens (including phenoxy) is 4. The number of hydrogen-bond donors (Lipinski definition) is 0. The SMILES string of the molecule is FCCOCC1CCC2(CC1)OCCO2.O=C1CCC(COCCF)CC1. The van der Waals surface area contributed by atoms with E-state index in [9.17, 15) is 13.6 Å². The molecule has 5 nitrogen and oxygen atoms in total. The van der Waals surface area contributed by atoms with Gasteiger partial charge in [-0.1, -0.05) is 0 Å². The van der Waals surface area contributed by atoms with Crippen LogP contribution in [0.25, 0.3) is 0 Å². The predicted octanol–water partition coefficient (Wildman–Crippen LogP) is 3.64. The van der Waals surface area contributed by atoms with E-state index in [1.54, 1.807) is 0 Å². The average molecular weight is 392 g/mol. The Hall–Kier alpha value is -0.630. The van der Waals surface area contributed by atoms with Crippen LogP contribution in [0.5, 0.6) is 0 Å². The molecule has 0 aromatic carbocycles. The number of alkyl halides is 2. The molecule has 2 aliphatic carbocycles. The Morgan fingerprint density at radius 1 is 0.852 bits per heavy atom. The van der Waals surface area contributed by atoms with Crippen LogP contribution >= 0.6 is 0 Å². The largest absolute Gasteiger partial charge is 0.378 e. The smallest absolute Gasteiger partial charge is 0.168 e. The fourth-order valence-corrected chi connectivity index (χ4v) is 3.85. The van der Waals surface area contributed by atoms with Gasteiger partial charge in [-0.15, -0.1) is 0 Å². The van der Waals surface area contributed by atoms with Gasteiger partial charge in [0.25, 0.3) is 0 Å². The molecule has 1 saturated heterocycles. The van der Waals surface area contributed by atoms with Gasteiger partial charge in [0.15, 0.2) is 5.79 Å². The summed E-state index contributed by atoms with van der Waals surface area (Å²) in [6.07, 6.45) is 7.25. The summed E-state index contributed by atoms with van der Waals surface area (Å²) in [6, 6.07) is 0. The Balaban J connectivity index is 0.000000199. The number of rotatable bonds is 8. The zero-order valence-electron chi connectivity index (χ0n) is 16.3. The van der Waals surface area contributed by atoms with E-state index in [1.165, 1.54) is 0 Å². The molecule has 3 fully saturated rings. The molecular weight excluding hydrogens is 358 g/mol. The molecule has 0 N–H and O–H groups in total. The van der Waals surface area contributed by atoms with Gasteiger partial charge in [-0.2, -0.15) is 0 Å². The molecule has 0 aromatic heterocycles. The number of Topliss-reactive ketones (excluding diaryl/α,β-unsaturated/α-hetero) is 1. The molecule has 3 aliphatic rings. The summed E-state index contributed by atoms with van der Waals surface area (Å²) < 4.78 is 45.0. The Morgan fingerprint density at radius 2 is 1.33 bits per heavy atom. The fraction of sp³-hybridized carbons (Fsp3) is 0.950. The van der Waals surface area contributed by atoms with Crippen LogP contribution in [0.4, 0.5) is 8.78 Å². The van der Waals surface area contributed by atoms with E-state index in [0.717, 1.165) is 51.7 Å². The number of ketones is 1. The lowest BCUT2D eigenvalue weighted by atomic mass is 9.85. The minimum atomic E-state index is -0.411. The van der Waals surface area contributed by atoms with Crippen LogP contribution in [0.2, 0.25) is 0 Å². The maximum atomic E-state index is 11.8. The van der Waals surface area contributed by atoms with Crippen LogP contribution in [0.15, 0.2) is 0 Å². The van der Waals surface area contributed by atoms with Gasteiger partial charge < -0.3 is 18.9 Å². The minimum absolute atomic E-state index is 0.199. The highest BCUT2D eigenvalue weighted by Crippen LogP contribution is 2.38. The van der Waals surface area contributed by atoms with Crippen molar-refractivity contribution in [3.05, 3.63) is 0 Å². The number of carbonyl (C=O) groups is 1. The molecule has 0 radical (unpaired) electrons. The van der Waals surface area contributed by atoms with Crippen LogP contribution in [-0.4, -0.2) is 64.6 Å². The summed E-state index contributed by atoms with van der Waals surface area (Å²) in [4.78, 5) is 10.8. The topological polar surface area (TPSA) is 54.0 Å². The summed E-state index contributed by atoms with van der Waals surface area (Å²) in [5.41, 5.74) is 0. The molecule has 0 unspecified atom stereocenters. The quantitative estimate of drug-likeness (QED) is 0.591. The summed E-state index contributed by atoms with van der Waals surface area (Å²) in [7, 11) is 0. The van der Waals surface area contributed by atoms with E-state index < -0.39 is 6.67 Å². The van der Waals surface area contributed by atoms with Crippen molar-refractivity contribution in [2.24, 2.45) is 11.8 Å². The molecule has 1 spiro atoms. The standard InChI is InChI=1S/C11H19FO3.C9H15FO2/c12-5-6-13-9-10-1-3-11(4-2-10)14-7-8-15-11;10-5-6-12-7-8-1-3-9(11)4-2-8/h10H,1-9H2;8H,1-7H2. The van der Waals surface area contributed by atoms with Gasteiger partial charge in [-0.3, -0.25) is 4.79 Å². The van der Waals surface area contributed by atoms with Gasteiger partial charge in [0.1, 0.15) is 19.1 Å². The maximum absolute atomic E-state index is 11.8. The highest BCUT2D eigenvalue weighted by Gasteiger charge is 2.40. The molecule has 1 heterocycles. The molecule has 0 bridgehead atoms. The molecule has 3 rings (SSSR count). The number of hydrogen-bond acceptors (Lipinski definition) is 5. The van der Waals surface area contributed by atoms with E-state index in [0.29, 0.717) is 43.7 Å². The van der Waals surface area contributed by atoms with E-state index in [2.05, 4.69) is 0 Å². The van der Waals surface area contributed by atoms with E-state index in [-0.39, 0.29) is 25.7 Å². The molecule has 27 heavy (non-hydrogen) atoms. The molecule has 2 saturated carbocycles. The first kappa shape index (κ1) is 22.7. The monoisotopic (exact) mass is 392 g/mol. The first-order valence-corrected chi connectivity index (χ1v) is 10.2. The van der Waals surface area contributed by atoms with Gasteiger partial charge in [-0.05, 0) is 37.5 Å². The van der Waals surface area contributed by atoms with E-state index in [1.807, 2.05) is 0 Å². The number of carbonyl (C=O) groups excluding carboxylic acids is 1. The van der Waals surface area contributed by atoms with Gasteiger partial charge in [-0.25, -0.2) is 8.78 Å². The first-order chi connectivity index (χ1) is 13.2. The molecule has 0 amide bonds. The highest BCUT2D eigenvalue weighted by atomic mass is 19.1. The normalized spacial score (nSPS) is 23.4. The second-order valence-corrected chi connectivity index (χ2v) is 7.56. The fourth-order valence-electron chi connectivity index (χ4n) is 3.85. The summed E-state index contributed by atoms with van der Waals surface area (Å²) in [5, 5.41) is 0. The van der Waals surface area contributed by atoms with Crippen LogP contribution in [0.1, 0.15) is 51.4 Å². The van der Waals surface area contributed by atoms with Gasteiger partial charge in [0.2, 0.25) is 0 Å². The Bertz CT molecular complexity index is 395. The van der Waals surface area contributed by atoms with Gasteiger partial charge >= 0.3 is 0 Å². The van der Waals surface area contributed by atoms with Gasteiger partial charge in [0, 0.05) is 38.9 Å². The average Bonchev–Trinajstić information content (AvgIpc) is 3.14. The summed E-state index contributed by atoms with van der Waals surface area (Å²) >= 11 is 0. The second-order valence-electron chi connectivity index (χ2n) is 7.56. The maximum Gasteiger partial charge on any atom is 0.168 e. The van der Waals surface area contributed by atoms with Crippen LogP contribution in [0.3, 0.4) is 0 Å². The first-order valence-electron chi connectivity index (χ1n) is 10.2. The highest BCUT2D eigenvalue weighted by molar-refractivity contribution is 5.79. The Morgan fingerprint density at radius 3 is 1.81 bits per heavy atom. The molecule has 1 aliphatic heterocycles. The van der Waals surface area contributed by atoms with Crippen LogP contribution in [-0.2, 0) is 23.7 Å². The third kappa shape index (κ3) is 8.50. The second kappa shape index (κ2) is 12.8. The van der Waals surface area contributed by atoms with Crippen LogP contribution < -0.4 is 0 Å². The third-order valence-electron chi connectivity index (χ3n) is 5.49. The molecule has 7 heteroatoms. The lowest BCUT2D eigenvalue weighted by molar-refractivity contribution is -0.184. The summed E-state index contributed by atoms with van der Waals surface area (Å²) in [6.45, 7) is 2.39. The van der Waals surface area contributed by atoms with Crippen molar-refractivity contribution < 1.29 is 32.5 Å². The van der Waals surface area contributed by atoms with Crippen LogP contribution in [0, 0.1) is 11.8 Å². The van der Waals surface area contributed by atoms with Crippen molar-refractivity contribution >= 4 is 5.78 Å². The molecule has 0 atom stereocenters.